The number of hydrazine groups is 1. The molecule has 26 heavy (non-hydrogen) atoms. The zero-order valence-corrected chi connectivity index (χ0v) is 14.9. The second-order valence-corrected chi connectivity index (χ2v) is 6.64. The molecule has 0 atom stereocenters. The Morgan fingerprint density at radius 3 is 2.85 bits per heavy atom. The monoisotopic (exact) mass is 349 g/mol. The lowest BCUT2D eigenvalue weighted by molar-refractivity contribution is 0.261. The Morgan fingerprint density at radius 1 is 1.15 bits per heavy atom. The van der Waals surface area contributed by atoms with Crippen LogP contribution in [0.4, 0.5) is 0 Å². The van der Waals surface area contributed by atoms with Crippen molar-refractivity contribution in [3.8, 4) is 17.2 Å². The van der Waals surface area contributed by atoms with E-state index in [1.165, 1.54) is 11.1 Å². The zero-order valence-electron chi connectivity index (χ0n) is 14.9. The predicted octanol–water partition coefficient (Wildman–Crippen LogP) is 3.50. The average molecular weight is 349 g/mol. The van der Waals surface area contributed by atoms with E-state index in [0.717, 1.165) is 42.3 Å². The Hall–Kier alpha value is -2.63. The zero-order chi connectivity index (χ0) is 17.9. The summed E-state index contributed by atoms with van der Waals surface area (Å²) in [5, 5.41) is 1.84. The number of benzene rings is 2. The molecular formula is C21H23N3O2. The third-order valence-electron chi connectivity index (χ3n) is 4.74. The van der Waals surface area contributed by atoms with E-state index in [1.54, 1.807) is 0 Å². The maximum Gasteiger partial charge on any atom is 0.226 e. The quantitative estimate of drug-likeness (QED) is 0.714. The van der Waals surface area contributed by atoms with Gasteiger partial charge in [0.05, 0.1) is 12.3 Å². The molecule has 2 N–H and O–H groups in total. The first-order valence-electron chi connectivity index (χ1n) is 8.95. The molecule has 0 unspecified atom stereocenters. The van der Waals surface area contributed by atoms with Gasteiger partial charge in [0.1, 0.15) is 11.5 Å². The van der Waals surface area contributed by atoms with Crippen LogP contribution in [0.1, 0.15) is 22.6 Å². The Balaban J connectivity index is 1.39. The molecule has 134 valence electrons. The smallest absolute Gasteiger partial charge is 0.226 e. The molecule has 0 bridgehead atoms. The SMILES string of the molecule is Cc1oc(-c2ccccc2)nc1CCOc1ccc2c(c1)CN(N)CC2. The number of rotatable bonds is 5. The van der Waals surface area contributed by atoms with E-state index >= 15 is 0 Å². The third-order valence-corrected chi connectivity index (χ3v) is 4.74. The Labute approximate surface area is 153 Å². The van der Waals surface area contributed by atoms with Crippen LogP contribution in [-0.4, -0.2) is 23.1 Å². The van der Waals surface area contributed by atoms with E-state index in [2.05, 4.69) is 17.1 Å². The summed E-state index contributed by atoms with van der Waals surface area (Å²) in [5.41, 5.74) is 4.54. The van der Waals surface area contributed by atoms with E-state index in [4.69, 9.17) is 15.0 Å². The molecule has 0 radical (unpaired) electrons. The van der Waals surface area contributed by atoms with Crippen LogP contribution in [0.3, 0.4) is 0 Å². The fraction of sp³-hybridized carbons (Fsp3) is 0.286. The van der Waals surface area contributed by atoms with Crippen LogP contribution in [0.5, 0.6) is 5.75 Å². The van der Waals surface area contributed by atoms with Crippen molar-refractivity contribution < 1.29 is 9.15 Å². The number of nitrogens with zero attached hydrogens (tertiary/aromatic N) is 2. The molecule has 1 aliphatic rings. The fourth-order valence-corrected chi connectivity index (χ4v) is 3.27. The van der Waals surface area contributed by atoms with E-state index in [9.17, 15) is 0 Å². The topological polar surface area (TPSA) is 64.5 Å². The first-order chi connectivity index (χ1) is 12.7. The van der Waals surface area contributed by atoms with Crippen LogP contribution in [-0.2, 0) is 19.4 Å². The highest BCUT2D eigenvalue weighted by Crippen LogP contribution is 2.24. The molecule has 0 spiro atoms. The summed E-state index contributed by atoms with van der Waals surface area (Å²) in [7, 11) is 0. The van der Waals surface area contributed by atoms with Crippen molar-refractivity contribution in [1.82, 2.24) is 9.99 Å². The highest BCUT2D eigenvalue weighted by molar-refractivity contribution is 5.53. The molecule has 2 heterocycles. The number of nitrogens with two attached hydrogens (primary N) is 1. The minimum atomic E-state index is 0.562. The van der Waals surface area contributed by atoms with E-state index in [0.29, 0.717) is 18.9 Å². The Bertz CT molecular complexity index is 890. The number of oxazole rings is 1. The highest BCUT2D eigenvalue weighted by Gasteiger charge is 2.15. The summed E-state index contributed by atoms with van der Waals surface area (Å²) in [6.07, 6.45) is 1.70. The summed E-state index contributed by atoms with van der Waals surface area (Å²) in [6, 6.07) is 16.2. The maximum atomic E-state index is 5.94. The molecule has 0 saturated carbocycles. The van der Waals surface area contributed by atoms with Crippen LogP contribution < -0.4 is 10.6 Å². The number of hydrogen-bond donors (Lipinski definition) is 1. The van der Waals surface area contributed by atoms with Gasteiger partial charge in [-0.15, -0.1) is 0 Å². The summed E-state index contributed by atoms with van der Waals surface area (Å²) >= 11 is 0. The fourth-order valence-electron chi connectivity index (χ4n) is 3.27. The van der Waals surface area contributed by atoms with Crippen molar-refractivity contribution in [2.24, 2.45) is 5.84 Å². The molecular weight excluding hydrogens is 326 g/mol. The molecule has 0 amide bonds. The minimum absolute atomic E-state index is 0.562. The standard InChI is InChI=1S/C21H23N3O2/c1-15-20(23-21(26-15)17-5-3-2-4-6-17)10-12-25-19-8-7-16-9-11-24(22)14-18(16)13-19/h2-8,13H,9-12,14,22H2,1H3. The molecule has 1 aromatic heterocycles. The molecule has 4 rings (SSSR count). The summed E-state index contributed by atoms with van der Waals surface area (Å²) < 4.78 is 11.7. The van der Waals surface area contributed by atoms with Crippen LogP contribution in [0.25, 0.3) is 11.5 Å². The Kier molecular flexibility index (Phi) is 4.73. The lowest BCUT2D eigenvalue weighted by atomic mass is 10.0. The largest absolute Gasteiger partial charge is 0.493 e. The molecule has 2 aromatic carbocycles. The molecule has 0 fully saturated rings. The summed E-state index contributed by atoms with van der Waals surface area (Å²) in [4.78, 5) is 4.62. The highest BCUT2D eigenvalue weighted by atomic mass is 16.5. The van der Waals surface area contributed by atoms with Crippen LogP contribution in [0.15, 0.2) is 52.9 Å². The summed E-state index contributed by atoms with van der Waals surface area (Å²) in [5.74, 6) is 8.30. The van der Waals surface area contributed by atoms with Crippen LogP contribution in [0, 0.1) is 6.92 Å². The first-order valence-corrected chi connectivity index (χ1v) is 8.95. The number of hydrogen-bond acceptors (Lipinski definition) is 5. The van der Waals surface area contributed by atoms with Crippen molar-refractivity contribution in [3.63, 3.8) is 0 Å². The average Bonchev–Trinajstić information content (AvgIpc) is 3.03. The first kappa shape index (κ1) is 16.8. The molecule has 1 aliphatic heterocycles. The Morgan fingerprint density at radius 2 is 2.00 bits per heavy atom. The van der Waals surface area contributed by atoms with Gasteiger partial charge in [-0.25, -0.2) is 9.99 Å². The van der Waals surface area contributed by atoms with Gasteiger partial charge in [0.25, 0.3) is 0 Å². The number of fused-ring (bicyclic) bond motifs is 1. The van der Waals surface area contributed by atoms with Crippen molar-refractivity contribution in [2.45, 2.75) is 26.3 Å². The van der Waals surface area contributed by atoms with Gasteiger partial charge < -0.3 is 9.15 Å². The molecule has 0 aliphatic carbocycles. The van der Waals surface area contributed by atoms with Gasteiger partial charge in [0.2, 0.25) is 5.89 Å². The molecule has 5 heteroatoms. The van der Waals surface area contributed by atoms with E-state index in [-0.39, 0.29) is 0 Å². The predicted molar refractivity (Wildman–Crippen MR) is 101 cm³/mol. The van der Waals surface area contributed by atoms with Crippen LogP contribution >= 0.6 is 0 Å². The van der Waals surface area contributed by atoms with Gasteiger partial charge >= 0.3 is 0 Å². The normalized spacial score (nSPS) is 14.2. The van der Waals surface area contributed by atoms with Gasteiger partial charge in [-0.1, -0.05) is 24.3 Å². The van der Waals surface area contributed by atoms with E-state index in [1.807, 2.05) is 48.3 Å². The molecule has 3 aromatic rings. The van der Waals surface area contributed by atoms with Crippen molar-refractivity contribution in [1.29, 1.82) is 0 Å². The lowest BCUT2D eigenvalue weighted by Gasteiger charge is -2.24. The van der Waals surface area contributed by atoms with Crippen molar-refractivity contribution in [2.75, 3.05) is 13.2 Å². The molecule has 0 saturated heterocycles. The second-order valence-electron chi connectivity index (χ2n) is 6.64. The molecule has 5 nitrogen and oxygen atoms in total. The number of aryl methyl sites for hydroxylation is 1. The van der Waals surface area contributed by atoms with Gasteiger partial charge in [-0.2, -0.15) is 0 Å². The number of aromatic nitrogens is 1. The lowest BCUT2D eigenvalue weighted by Crippen LogP contribution is -2.36. The second kappa shape index (κ2) is 7.32. The third kappa shape index (κ3) is 3.64. The summed E-state index contributed by atoms with van der Waals surface area (Å²) in [6.45, 7) is 4.19. The minimum Gasteiger partial charge on any atom is -0.493 e. The van der Waals surface area contributed by atoms with E-state index < -0.39 is 0 Å². The van der Waals surface area contributed by atoms with Gasteiger partial charge in [0.15, 0.2) is 0 Å². The van der Waals surface area contributed by atoms with Crippen LogP contribution in [0.2, 0.25) is 0 Å². The van der Waals surface area contributed by atoms with Gasteiger partial charge in [0, 0.05) is 25.1 Å². The van der Waals surface area contributed by atoms with Crippen molar-refractivity contribution in [3.05, 3.63) is 71.1 Å². The van der Waals surface area contributed by atoms with Gasteiger partial charge in [-0.05, 0) is 48.7 Å². The maximum absolute atomic E-state index is 5.94. The van der Waals surface area contributed by atoms with Crippen molar-refractivity contribution >= 4 is 0 Å². The number of ether oxygens (including phenoxy) is 1. The van der Waals surface area contributed by atoms with Gasteiger partial charge in [-0.3, -0.25) is 5.84 Å².